The minimum absolute atomic E-state index is 0.0591. The lowest BCUT2D eigenvalue weighted by Crippen LogP contribution is -2.41. The van der Waals surface area contributed by atoms with E-state index in [4.69, 9.17) is 0 Å². The second kappa shape index (κ2) is 8.05. The second-order valence-electron chi connectivity index (χ2n) is 7.01. The Morgan fingerprint density at radius 1 is 1.21 bits per heavy atom. The van der Waals surface area contributed by atoms with Gasteiger partial charge >= 0.3 is 0 Å². The summed E-state index contributed by atoms with van der Waals surface area (Å²) < 4.78 is 0. The van der Waals surface area contributed by atoms with Crippen LogP contribution in [-0.4, -0.2) is 59.0 Å². The highest BCUT2D eigenvalue weighted by molar-refractivity contribution is 7.15. The molecule has 2 saturated heterocycles. The molecular formula is C19H21N5O3S. The molecule has 1 aromatic carbocycles. The fourth-order valence-corrected chi connectivity index (χ4v) is 4.41. The molecule has 8 nitrogen and oxygen atoms in total. The van der Waals surface area contributed by atoms with Crippen LogP contribution in [0.5, 0.6) is 0 Å². The van der Waals surface area contributed by atoms with Gasteiger partial charge in [0.05, 0.1) is 12.5 Å². The third-order valence-corrected chi connectivity index (χ3v) is 5.88. The van der Waals surface area contributed by atoms with Crippen LogP contribution >= 0.6 is 11.3 Å². The zero-order chi connectivity index (χ0) is 19.5. The molecule has 0 aliphatic carbocycles. The molecule has 2 aliphatic heterocycles. The van der Waals surface area contributed by atoms with Gasteiger partial charge in [-0.15, -0.1) is 10.2 Å². The number of hydrogen-bond acceptors (Lipinski definition) is 6. The molecule has 2 aromatic rings. The molecule has 0 saturated carbocycles. The van der Waals surface area contributed by atoms with Crippen molar-refractivity contribution < 1.29 is 14.4 Å². The molecule has 0 bridgehead atoms. The van der Waals surface area contributed by atoms with Gasteiger partial charge in [0.1, 0.15) is 5.01 Å². The van der Waals surface area contributed by atoms with Crippen LogP contribution in [0.1, 0.15) is 23.4 Å². The van der Waals surface area contributed by atoms with Crippen LogP contribution in [0.25, 0.3) is 0 Å². The van der Waals surface area contributed by atoms with Crippen molar-refractivity contribution in [3.8, 4) is 0 Å². The maximum atomic E-state index is 12.8. The van der Waals surface area contributed by atoms with Crippen molar-refractivity contribution in [1.82, 2.24) is 20.4 Å². The number of aromatic nitrogens is 2. The molecule has 4 rings (SSSR count). The highest BCUT2D eigenvalue weighted by Gasteiger charge is 2.39. The maximum absolute atomic E-state index is 12.8. The summed E-state index contributed by atoms with van der Waals surface area (Å²) in [6, 6.07) is 9.95. The summed E-state index contributed by atoms with van der Waals surface area (Å²) >= 11 is 1.38. The van der Waals surface area contributed by atoms with Gasteiger partial charge in [-0.2, -0.15) is 0 Å². The predicted molar refractivity (Wildman–Crippen MR) is 104 cm³/mol. The lowest BCUT2D eigenvalue weighted by molar-refractivity contribution is -0.138. The summed E-state index contributed by atoms with van der Waals surface area (Å²) in [6.07, 6.45) is 1.53. The van der Waals surface area contributed by atoms with Gasteiger partial charge in [-0.05, 0) is 12.0 Å². The molecule has 28 heavy (non-hydrogen) atoms. The summed E-state index contributed by atoms with van der Waals surface area (Å²) in [5.41, 5.74) is 1.13. The van der Waals surface area contributed by atoms with Gasteiger partial charge < -0.3 is 10.2 Å². The van der Waals surface area contributed by atoms with Gasteiger partial charge in [0.2, 0.25) is 22.9 Å². The monoisotopic (exact) mass is 399 g/mol. The number of hydrogen-bond donors (Lipinski definition) is 1. The Bertz CT molecular complexity index is 885. The fraction of sp³-hybridized carbons (Fsp3) is 0.421. The van der Waals surface area contributed by atoms with E-state index in [1.54, 1.807) is 9.80 Å². The zero-order valence-corrected chi connectivity index (χ0v) is 16.2. The largest absolute Gasteiger partial charge is 0.354 e. The average molecular weight is 399 g/mol. The van der Waals surface area contributed by atoms with Gasteiger partial charge in [0, 0.05) is 32.5 Å². The van der Waals surface area contributed by atoms with Gasteiger partial charge in [-0.3, -0.25) is 19.3 Å². The Hall–Kier alpha value is -2.81. The lowest BCUT2D eigenvalue weighted by Gasteiger charge is -2.22. The van der Waals surface area contributed by atoms with Crippen molar-refractivity contribution in [2.24, 2.45) is 5.92 Å². The van der Waals surface area contributed by atoms with E-state index in [2.05, 4.69) is 15.5 Å². The Morgan fingerprint density at radius 3 is 2.86 bits per heavy atom. The highest BCUT2D eigenvalue weighted by atomic mass is 32.1. The van der Waals surface area contributed by atoms with Crippen molar-refractivity contribution in [3.05, 3.63) is 40.9 Å². The molecule has 0 spiro atoms. The lowest BCUT2D eigenvalue weighted by atomic mass is 10.1. The standard InChI is InChI=1S/C19H21N5O3S/c25-15-12-23(8-4-7-20-15)18(27)14-10-17(26)24(11-14)19-22-21-16(28-19)9-13-5-2-1-3-6-13/h1-3,5-6,14H,4,7-12H2,(H,20,25). The molecule has 2 aliphatic rings. The normalized spacial score (nSPS) is 20.2. The molecule has 9 heteroatoms. The first-order valence-corrected chi connectivity index (χ1v) is 10.1. The van der Waals surface area contributed by atoms with Gasteiger partial charge in [0.25, 0.3) is 0 Å². The first kappa shape index (κ1) is 18.5. The number of carbonyl (C=O) groups is 3. The molecule has 1 atom stereocenters. The number of amides is 3. The van der Waals surface area contributed by atoms with E-state index in [1.807, 2.05) is 30.3 Å². The second-order valence-corrected chi connectivity index (χ2v) is 8.05. The van der Waals surface area contributed by atoms with E-state index in [-0.39, 0.29) is 37.2 Å². The topological polar surface area (TPSA) is 95.5 Å². The first-order valence-electron chi connectivity index (χ1n) is 9.32. The zero-order valence-electron chi connectivity index (χ0n) is 15.3. The van der Waals surface area contributed by atoms with Crippen molar-refractivity contribution in [2.75, 3.05) is 31.1 Å². The van der Waals surface area contributed by atoms with Crippen LogP contribution in [0, 0.1) is 5.92 Å². The number of nitrogens with one attached hydrogen (secondary N) is 1. The molecule has 3 heterocycles. The van der Waals surface area contributed by atoms with Crippen molar-refractivity contribution in [1.29, 1.82) is 0 Å². The summed E-state index contributed by atoms with van der Waals surface area (Å²) in [6.45, 7) is 1.45. The summed E-state index contributed by atoms with van der Waals surface area (Å²) in [4.78, 5) is 40.1. The van der Waals surface area contributed by atoms with Crippen LogP contribution in [0.4, 0.5) is 5.13 Å². The number of nitrogens with zero attached hydrogens (tertiary/aromatic N) is 4. The van der Waals surface area contributed by atoms with Gasteiger partial charge in [0.15, 0.2) is 0 Å². The summed E-state index contributed by atoms with van der Waals surface area (Å²) in [5.74, 6) is -0.858. The van der Waals surface area contributed by atoms with E-state index in [9.17, 15) is 14.4 Å². The Kier molecular flexibility index (Phi) is 5.34. The van der Waals surface area contributed by atoms with E-state index in [1.165, 1.54) is 11.3 Å². The van der Waals surface area contributed by atoms with Crippen LogP contribution < -0.4 is 10.2 Å². The Labute approximate surface area is 166 Å². The molecule has 3 amide bonds. The third kappa shape index (κ3) is 4.04. The van der Waals surface area contributed by atoms with Crippen molar-refractivity contribution in [3.63, 3.8) is 0 Å². The molecule has 1 unspecified atom stereocenters. The average Bonchev–Trinajstić information content (AvgIpc) is 3.24. The van der Waals surface area contributed by atoms with E-state index >= 15 is 0 Å². The molecule has 146 valence electrons. The maximum Gasteiger partial charge on any atom is 0.239 e. The predicted octanol–water partition coefficient (Wildman–Crippen LogP) is 0.830. The summed E-state index contributed by atoms with van der Waals surface area (Å²) in [5, 5.41) is 12.5. The van der Waals surface area contributed by atoms with Crippen LogP contribution in [-0.2, 0) is 20.8 Å². The number of benzene rings is 1. The molecule has 1 aromatic heterocycles. The molecular weight excluding hydrogens is 378 g/mol. The quantitative estimate of drug-likeness (QED) is 0.822. The Morgan fingerprint density at radius 2 is 2.04 bits per heavy atom. The highest BCUT2D eigenvalue weighted by Crippen LogP contribution is 2.29. The number of rotatable bonds is 4. The Balaban J connectivity index is 1.42. The van der Waals surface area contributed by atoms with Crippen LogP contribution in [0.15, 0.2) is 30.3 Å². The van der Waals surface area contributed by atoms with Crippen LogP contribution in [0.3, 0.4) is 0 Å². The molecule has 2 fully saturated rings. The van der Waals surface area contributed by atoms with E-state index in [0.29, 0.717) is 24.6 Å². The first-order chi connectivity index (χ1) is 13.6. The van der Waals surface area contributed by atoms with Gasteiger partial charge in [-0.1, -0.05) is 41.7 Å². The van der Waals surface area contributed by atoms with Crippen molar-refractivity contribution >= 4 is 34.2 Å². The minimum atomic E-state index is -0.445. The van der Waals surface area contributed by atoms with Crippen molar-refractivity contribution in [2.45, 2.75) is 19.3 Å². The molecule has 1 N–H and O–H groups in total. The third-order valence-electron chi connectivity index (χ3n) is 4.93. The van der Waals surface area contributed by atoms with E-state index < -0.39 is 5.92 Å². The SMILES string of the molecule is O=C1CN(C(=O)C2CC(=O)N(c3nnc(Cc4ccccc4)s3)C2)CCCN1. The summed E-state index contributed by atoms with van der Waals surface area (Å²) in [7, 11) is 0. The van der Waals surface area contributed by atoms with Gasteiger partial charge in [-0.25, -0.2) is 0 Å². The fourth-order valence-electron chi connectivity index (χ4n) is 3.51. The smallest absolute Gasteiger partial charge is 0.239 e. The number of anilines is 1. The molecule has 0 radical (unpaired) electrons. The number of carbonyl (C=O) groups excluding carboxylic acids is 3. The van der Waals surface area contributed by atoms with E-state index in [0.717, 1.165) is 17.0 Å². The van der Waals surface area contributed by atoms with Crippen LogP contribution in [0.2, 0.25) is 0 Å². The minimum Gasteiger partial charge on any atom is -0.354 e.